The zero-order valence-corrected chi connectivity index (χ0v) is 19.1. The third kappa shape index (κ3) is 3.84. The van der Waals surface area contributed by atoms with Gasteiger partial charge in [-0.3, -0.25) is 9.78 Å². The average Bonchev–Trinajstić information content (AvgIpc) is 3.37. The van der Waals surface area contributed by atoms with Crippen molar-refractivity contribution in [1.82, 2.24) is 15.6 Å². The van der Waals surface area contributed by atoms with Crippen molar-refractivity contribution >= 4 is 16.8 Å². The molecule has 2 aromatic heterocycles. The molecule has 1 aliphatic carbocycles. The summed E-state index contributed by atoms with van der Waals surface area (Å²) in [6, 6.07) is 16.4. The number of ether oxygens (including phenoxy) is 1. The van der Waals surface area contributed by atoms with E-state index in [0.717, 1.165) is 64.7 Å². The molecule has 6 nitrogen and oxygen atoms in total. The van der Waals surface area contributed by atoms with E-state index in [0.29, 0.717) is 18.2 Å². The summed E-state index contributed by atoms with van der Waals surface area (Å²) in [6.07, 6.45) is 8.12. The minimum absolute atomic E-state index is 0.0760. The first-order chi connectivity index (χ1) is 16.6. The fraction of sp³-hybridized carbons (Fsp3) is 0.286. The molecular formula is C28H27N3O3. The van der Waals surface area contributed by atoms with Crippen molar-refractivity contribution in [3.05, 3.63) is 83.9 Å². The maximum atomic E-state index is 13.5. The van der Waals surface area contributed by atoms with Crippen LogP contribution >= 0.6 is 0 Å². The minimum atomic E-state index is -0.405. The van der Waals surface area contributed by atoms with E-state index in [-0.39, 0.29) is 5.91 Å². The summed E-state index contributed by atoms with van der Waals surface area (Å²) in [5, 5.41) is 7.76. The molecule has 0 spiro atoms. The molecule has 1 amide bonds. The molecular weight excluding hydrogens is 426 g/mol. The number of nitrogens with zero attached hydrogens (tertiary/aromatic N) is 1. The van der Waals surface area contributed by atoms with Gasteiger partial charge < -0.3 is 19.8 Å². The Bertz CT molecular complexity index is 1350. The fourth-order valence-corrected chi connectivity index (χ4v) is 4.67. The summed E-state index contributed by atoms with van der Waals surface area (Å²) in [5.74, 6) is 0.652. The standard InChI is InChI=1S/C28H27N3O3/c1-18-4-5-22(34-17-21-6-11-29-21)15-24(18)27(32)31-28(8-9-28)25-13-20(19-7-12-33-16-19)14-26-23(25)3-2-10-30-26/h2-5,7,10,12-16,21,29H,6,8-9,11,17H2,1H3,(H,31,32)/t21-/m0/s1. The molecule has 1 aliphatic heterocycles. The molecule has 6 rings (SSSR count). The highest BCUT2D eigenvalue weighted by atomic mass is 16.5. The molecule has 1 atom stereocenters. The highest BCUT2D eigenvalue weighted by molar-refractivity contribution is 5.98. The topological polar surface area (TPSA) is 76.4 Å². The van der Waals surface area contributed by atoms with Gasteiger partial charge in [-0.25, -0.2) is 0 Å². The molecule has 1 saturated heterocycles. The van der Waals surface area contributed by atoms with Gasteiger partial charge in [0.15, 0.2) is 0 Å². The molecule has 2 aliphatic rings. The molecule has 0 bridgehead atoms. The monoisotopic (exact) mass is 453 g/mol. The van der Waals surface area contributed by atoms with E-state index in [1.165, 1.54) is 0 Å². The normalized spacial score (nSPS) is 18.3. The van der Waals surface area contributed by atoms with E-state index in [1.807, 2.05) is 37.3 Å². The van der Waals surface area contributed by atoms with Gasteiger partial charge in [-0.2, -0.15) is 0 Å². The number of furan rings is 1. The van der Waals surface area contributed by atoms with Crippen LogP contribution in [0.3, 0.4) is 0 Å². The van der Waals surface area contributed by atoms with Gasteiger partial charge >= 0.3 is 0 Å². The maximum Gasteiger partial charge on any atom is 0.252 e. The van der Waals surface area contributed by atoms with Crippen molar-refractivity contribution in [2.75, 3.05) is 13.2 Å². The lowest BCUT2D eigenvalue weighted by atomic mass is 9.94. The Morgan fingerprint density at radius 3 is 2.82 bits per heavy atom. The first-order valence-electron chi connectivity index (χ1n) is 11.8. The molecule has 0 unspecified atom stereocenters. The van der Waals surface area contributed by atoms with Gasteiger partial charge in [0, 0.05) is 28.8 Å². The van der Waals surface area contributed by atoms with Crippen LogP contribution < -0.4 is 15.4 Å². The smallest absolute Gasteiger partial charge is 0.252 e. The highest BCUT2D eigenvalue weighted by Gasteiger charge is 2.47. The van der Waals surface area contributed by atoms with Crippen LogP contribution in [0, 0.1) is 6.92 Å². The highest BCUT2D eigenvalue weighted by Crippen LogP contribution is 2.49. The Labute approximate surface area is 198 Å². The van der Waals surface area contributed by atoms with E-state index in [1.54, 1.807) is 18.7 Å². The van der Waals surface area contributed by atoms with E-state index in [2.05, 4.69) is 33.8 Å². The van der Waals surface area contributed by atoms with Crippen LogP contribution in [-0.4, -0.2) is 30.1 Å². The number of hydrogen-bond donors (Lipinski definition) is 2. The molecule has 3 heterocycles. The number of hydrogen-bond acceptors (Lipinski definition) is 5. The Hall–Kier alpha value is -3.64. The summed E-state index contributed by atoms with van der Waals surface area (Å²) in [5.41, 5.74) is 5.22. The van der Waals surface area contributed by atoms with Gasteiger partial charge in [0.2, 0.25) is 0 Å². The molecule has 6 heteroatoms. The molecule has 2 fully saturated rings. The van der Waals surface area contributed by atoms with E-state index < -0.39 is 5.54 Å². The molecule has 0 radical (unpaired) electrons. The lowest BCUT2D eigenvalue weighted by molar-refractivity contribution is 0.0930. The molecule has 34 heavy (non-hydrogen) atoms. The van der Waals surface area contributed by atoms with Crippen molar-refractivity contribution in [2.45, 2.75) is 37.8 Å². The number of rotatable bonds is 7. The summed E-state index contributed by atoms with van der Waals surface area (Å²) in [4.78, 5) is 18.1. The molecule has 2 aromatic carbocycles. The van der Waals surface area contributed by atoms with E-state index >= 15 is 0 Å². The quantitative estimate of drug-likeness (QED) is 0.414. The summed E-state index contributed by atoms with van der Waals surface area (Å²) in [7, 11) is 0. The summed E-state index contributed by atoms with van der Waals surface area (Å²) >= 11 is 0. The number of benzene rings is 2. The Morgan fingerprint density at radius 1 is 1.21 bits per heavy atom. The van der Waals surface area contributed by atoms with Crippen LogP contribution in [0.5, 0.6) is 5.75 Å². The third-order valence-corrected chi connectivity index (χ3v) is 7.02. The Kier molecular flexibility index (Phi) is 5.11. The van der Waals surface area contributed by atoms with Gasteiger partial charge in [-0.05, 0) is 85.8 Å². The van der Waals surface area contributed by atoms with Crippen molar-refractivity contribution in [1.29, 1.82) is 0 Å². The number of nitrogens with one attached hydrogen (secondary N) is 2. The zero-order chi connectivity index (χ0) is 23.1. The van der Waals surface area contributed by atoms with Crippen LogP contribution in [0.2, 0.25) is 0 Å². The Balaban J connectivity index is 1.31. The molecule has 4 aromatic rings. The van der Waals surface area contributed by atoms with E-state index in [9.17, 15) is 4.79 Å². The SMILES string of the molecule is Cc1ccc(OC[C@@H]2CCN2)cc1C(=O)NC1(c2cc(-c3ccoc3)cc3ncccc23)CC1. The molecule has 1 saturated carbocycles. The lowest BCUT2D eigenvalue weighted by Crippen LogP contribution is -2.46. The molecule has 2 N–H and O–H groups in total. The second-order valence-corrected chi connectivity index (χ2v) is 9.37. The van der Waals surface area contributed by atoms with Gasteiger partial charge in [0.05, 0.1) is 23.6 Å². The van der Waals surface area contributed by atoms with Gasteiger partial charge in [-0.15, -0.1) is 0 Å². The van der Waals surface area contributed by atoms with Crippen molar-refractivity contribution in [3.8, 4) is 16.9 Å². The van der Waals surface area contributed by atoms with Crippen LogP contribution in [0.25, 0.3) is 22.0 Å². The van der Waals surface area contributed by atoms with Crippen LogP contribution in [-0.2, 0) is 5.54 Å². The van der Waals surface area contributed by atoms with Crippen molar-refractivity contribution in [2.24, 2.45) is 0 Å². The van der Waals surface area contributed by atoms with Gasteiger partial charge in [-0.1, -0.05) is 12.1 Å². The largest absolute Gasteiger partial charge is 0.492 e. The van der Waals surface area contributed by atoms with Crippen LogP contribution in [0.1, 0.15) is 40.7 Å². The Morgan fingerprint density at radius 2 is 2.09 bits per heavy atom. The number of carbonyl (C=O) groups excluding carboxylic acids is 1. The van der Waals surface area contributed by atoms with E-state index in [4.69, 9.17) is 9.15 Å². The number of pyridine rings is 1. The third-order valence-electron chi connectivity index (χ3n) is 7.02. The second kappa shape index (κ2) is 8.29. The lowest BCUT2D eigenvalue weighted by Gasteiger charge is -2.27. The predicted octanol–water partition coefficient (Wildman–Crippen LogP) is 4.96. The number of amides is 1. The first-order valence-corrected chi connectivity index (χ1v) is 11.8. The number of aromatic nitrogens is 1. The summed E-state index contributed by atoms with van der Waals surface area (Å²) < 4.78 is 11.2. The second-order valence-electron chi connectivity index (χ2n) is 9.37. The first kappa shape index (κ1) is 20.9. The predicted molar refractivity (Wildman–Crippen MR) is 131 cm³/mol. The van der Waals surface area contributed by atoms with Crippen LogP contribution in [0.15, 0.2) is 71.7 Å². The average molecular weight is 454 g/mol. The fourth-order valence-electron chi connectivity index (χ4n) is 4.67. The van der Waals surface area contributed by atoms with Gasteiger partial charge in [0.1, 0.15) is 12.4 Å². The number of carbonyl (C=O) groups is 1. The molecule has 172 valence electrons. The minimum Gasteiger partial charge on any atom is -0.492 e. The number of fused-ring (bicyclic) bond motifs is 1. The zero-order valence-electron chi connectivity index (χ0n) is 19.1. The summed E-state index contributed by atoms with van der Waals surface area (Å²) in [6.45, 7) is 3.63. The maximum absolute atomic E-state index is 13.5. The number of aryl methyl sites for hydroxylation is 1. The van der Waals surface area contributed by atoms with Crippen molar-refractivity contribution in [3.63, 3.8) is 0 Å². The van der Waals surface area contributed by atoms with Gasteiger partial charge in [0.25, 0.3) is 5.91 Å². The van der Waals surface area contributed by atoms with Crippen molar-refractivity contribution < 1.29 is 13.9 Å². The van der Waals surface area contributed by atoms with Crippen LogP contribution in [0.4, 0.5) is 0 Å².